The van der Waals surface area contributed by atoms with Gasteiger partial charge in [-0.1, -0.05) is 0 Å². The summed E-state index contributed by atoms with van der Waals surface area (Å²) in [7, 11) is 0. The molecule has 1 unspecified atom stereocenters. The standard InChI is InChI=1S/C9H12N4/c1-7-3-4-8(13-12-7)9-10-5-2-6-11-9/h2,5-7,12H,3-4H2,1H3. The van der Waals surface area contributed by atoms with Crippen LogP contribution in [0.3, 0.4) is 0 Å². The highest BCUT2D eigenvalue weighted by Gasteiger charge is 2.13. The summed E-state index contributed by atoms with van der Waals surface area (Å²) in [6.07, 6.45) is 5.53. The quantitative estimate of drug-likeness (QED) is 0.693. The Morgan fingerprint density at radius 3 is 2.77 bits per heavy atom. The van der Waals surface area contributed by atoms with Gasteiger partial charge in [-0.2, -0.15) is 5.10 Å². The molecule has 1 atom stereocenters. The molecule has 0 fully saturated rings. The van der Waals surface area contributed by atoms with Crippen molar-refractivity contribution in [1.29, 1.82) is 0 Å². The van der Waals surface area contributed by atoms with Crippen LogP contribution in [0, 0.1) is 0 Å². The van der Waals surface area contributed by atoms with Crippen molar-refractivity contribution in [2.75, 3.05) is 0 Å². The van der Waals surface area contributed by atoms with Crippen molar-refractivity contribution >= 4 is 5.71 Å². The van der Waals surface area contributed by atoms with E-state index in [9.17, 15) is 0 Å². The van der Waals surface area contributed by atoms with Gasteiger partial charge in [0.1, 0.15) is 5.71 Å². The van der Waals surface area contributed by atoms with Crippen LogP contribution in [-0.2, 0) is 0 Å². The zero-order valence-electron chi connectivity index (χ0n) is 7.57. The van der Waals surface area contributed by atoms with Crippen LogP contribution >= 0.6 is 0 Å². The predicted molar refractivity (Wildman–Crippen MR) is 50.4 cm³/mol. The first kappa shape index (κ1) is 8.16. The molecule has 13 heavy (non-hydrogen) atoms. The summed E-state index contributed by atoms with van der Waals surface area (Å²) < 4.78 is 0. The largest absolute Gasteiger partial charge is 0.307 e. The summed E-state index contributed by atoms with van der Waals surface area (Å²) in [6, 6.07) is 2.27. The third-order valence-electron chi connectivity index (χ3n) is 2.06. The van der Waals surface area contributed by atoms with Gasteiger partial charge in [-0.25, -0.2) is 9.97 Å². The Balaban J connectivity index is 2.19. The van der Waals surface area contributed by atoms with E-state index in [1.54, 1.807) is 12.4 Å². The molecule has 0 amide bonds. The molecule has 2 rings (SSSR count). The molecule has 4 heteroatoms. The second-order valence-corrected chi connectivity index (χ2v) is 3.20. The molecule has 1 aliphatic rings. The Labute approximate surface area is 77.1 Å². The average Bonchev–Trinajstić information content (AvgIpc) is 2.20. The van der Waals surface area contributed by atoms with Crippen molar-refractivity contribution in [2.24, 2.45) is 5.10 Å². The third kappa shape index (κ3) is 1.83. The molecule has 1 aliphatic heterocycles. The highest BCUT2D eigenvalue weighted by molar-refractivity contribution is 5.97. The number of hydrazone groups is 1. The normalized spacial score (nSPS) is 21.9. The Hall–Kier alpha value is -1.45. The van der Waals surface area contributed by atoms with Crippen LogP contribution in [0.15, 0.2) is 23.6 Å². The summed E-state index contributed by atoms with van der Waals surface area (Å²) in [6.45, 7) is 2.12. The van der Waals surface area contributed by atoms with Gasteiger partial charge in [0.05, 0.1) is 0 Å². The Kier molecular flexibility index (Phi) is 2.21. The van der Waals surface area contributed by atoms with E-state index in [0.29, 0.717) is 6.04 Å². The number of nitrogens with one attached hydrogen (secondary N) is 1. The first-order valence-corrected chi connectivity index (χ1v) is 4.46. The van der Waals surface area contributed by atoms with E-state index in [4.69, 9.17) is 0 Å². The van der Waals surface area contributed by atoms with E-state index >= 15 is 0 Å². The molecule has 0 spiro atoms. The van der Waals surface area contributed by atoms with Crippen molar-refractivity contribution in [1.82, 2.24) is 15.4 Å². The molecular formula is C9H12N4. The van der Waals surface area contributed by atoms with E-state index in [-0.39, 0.29) is 0 Å². The molecule has 0 saturated carbocycles. The highest BCUT2D eigenvalue weighted by atomic mass is 15.3. The number of aromatic nitrogens is 2. The fourth-order valence-corrected chi connectivity index (χ4v) is 1.27. The van der Waals surface area contributed by atoms with E-state index in [0.717, 1.165) is 24.4 Å². The summed E-state index contributed by atoms with van der Waals surface area (Å²) in [5.74, 6) is 0.738. The van der Waals surface area contributed by atoms with Gasteiger partial charge in [-0.15, -0.1) is 0 Å². The summed E-state index contributed by atoms with van der Waals surface area (Å²) in [5, 5.41) is 4.22. The van der Waals surface area contributed by atoms with E-state index in [2.05, 4.69) is 27.4 Å². The molecule has 1 aromatic rings. The molecule has 2 heterocycles. The van der Waals surface area contributed by atoms with Gasteiger partial charge in [0, 0.05) is 18.4 Å². The lowest BCUT2D eigenvalue weighted by molar-refractivity contribution is 0.519. The molecule has 0 saturated heterocycles. The first-order valence-electron chi connectivity index (χ1n) is 4.46. The van der Waals surface area contributed by atoms with Crippen LogP contribution in [-0.4, -0.2) is 21.7 Å². The maximum atomic E-state index is 4.22. The van der Waals surface area contributed by atoms with Crippen molar-refractivity contribution < 1.29 is 0 Å². The molecular weight excluding hydrogens is 164 g/mol. The smallest absolute Gasteiger partial charge is 0.175 e. The molecule has 0 radical (unpaired) electrons. The third-order valence-corrected chi connectivity index (χ3v) is 2.06. The van der Waals surface area contributed by atoms with Crippen LogP contribution < -0.4 is 5.43 Å². The van der Waals surface area contributed by atoms with Gasteiger partial charge in [0.2, 0.25) is 0 Å². The van der Waals surface area contributed by atoms with Crippen LogP contribution in [0.1, 0.15) is 25.6 Å². The Bertz CT molecular complexity index is 307. The maximum absolute atomic E-state index is 4.22. The SMILES string of the molecule is CC1CCC(c2ncccn2)=NN1. The van der Waals surface area contributed by atoms with E-state index in [1.165, 1.54) is 0 Å². The fraction of sp³-hybridized carbons (Fsp3) is 0.444. The predicted octanol–water partition coefficient (Wildman–Crippen LogP) is 0.953. The van der Waals surface area contributed by atoms with Crippen molar-refractivity contribution in [2.45, 2.75) is 25.8 Å². The van der Waals surface area contributed by atoms with Gasteiger partial charge < -0.3 is 5.43 Å². The zero-order valence-corrected chi connectivity index (χ0v) is 7.57. The van der Waals surface area contributed by atoms with Crippen molar-refractivity contribution in [3.05, 3.63) is 24.3 Å². The molecule has 4 nitrogen and oxygen atoms in total. The van der Waals surface area contributed by atoms with Crippen LogP contribution in [0.2, 0.25) is 0 Å². The summed E-state index contributed by atoms with van der Waals surface area (Å²) >= 11 is 0. The molecule has 68 valence electrons. The number of nitrogens with zero attached hydrogens (tertiary/aromatic N) is 3. The van der Waals surface area contributed by atoms with Gasteiger partial charge >= 0.3 is 0 Å². The van der Waals surface area contributed by atoms with Gasteiger partial charge in [-0.3, -0.25) is 0 Å². The van der Waals surface area contributed by atoms with Crippen LogP contribution in [0.5, 0.6) is 0 Å². The Morgan fingerprint density at radius 1 is 1.38 bits per heavy atom. The molecule has 0 aromatic carbocycles. The van der Waals surface area contributed by atoms with Gasteiger partial charge in [-0.05, 0) is 25.8 Å². The van der Waals surface area contributed by atoms with E-state index in [1.807, 2.05) is 6.07 Å². The summed E-state index contributed by atoms with van der Waals surface area (Å²) in [5.41, 5.74) is 4.00. The van der Waals surface area contributed by atoms with Crippen molar-refractivity contribution in [3.63, 3.8) is 0 Å². The summed E-state index contributed by atoms with van der Waals surface area (Å²) in [4.78, 5) is 8.29. The molecule has 0 bridgehead atoms. The van der Waals surface area contributed by atoms with E-state index < -0.39 is 0 Å². The second kappa shape index (κ2) is 3.51. The van der Waals surface area contributed by atoms with Gasteiger partial charge in [0.25, 0.3) is 0 Å². The minimum Gasteiger partial charge on any atom is -0.307 e. The Morgan fingerprint density at radius 2 is 2.15 bits per heavy atom. The monoisotopic (exact) mass is 176 g/mol. The second-order valence-electron chi connectivity index (χ2n) is 3.20. The lowest BCUT2D eigenvalue weighted by Gasteiger charge is -2.17. The number of hydrogen-bond acceptors (Lipinski definition) is 4. The average molecular weight is 176 g/mol. The number of hydrogen-bond donors (Lipinski definition) is 1. The highest BCUT2D eigenvalue weighted by Crippen LogP contribution is 2.08. The maximum Gasteiger partial charge on any atom is 0.175 e. The minimum absolute atomic E-state index is 0.465. The van der Waals surface area contributed by atoms with Gasteiger partial charge in [0.15, 0.2) is 5.82 Å². The topological polar surface area (TPSA) is 50.2 Å². The van der Waals surface area contributed by atoms with Crippen LogP contribution in [0.25, 0.3) is 0 Å². The minimum atomic E-state index is 0.465. The first-order chi connectivity index (χ1) is 6.36. The molecule has 0 aliphatic carbocycles. The van der Waals surface area contributed by atoms with Crippen molar-refractivity contribution in [3.8, 4) is 0 Å². The molecule has 1 aromatic heterocycles. The fourth-order valence-electron chi connectivity index (χ4n) is 1.27. The van der Waals surface area contributed by atoms with Crippen LogP contribution in [0.4, 0.5) is 0 Å². The lowest BCUT2D eigenvalue weighted by Crippen LogP contribution is -2.29. The lowest BCUT2D eigenvalue weighted by atomic mass is 10.1. The number of rotatable bonds is 1. The molecule has 1 N–H and O–H groups in total. The zero-order chi connectivity index (χ0) is 9.10.